The lowest BCUT2D eigenvalue weighted by molar-refractivity contribution is 0.410. The van der Waals surface area contributed by atoms with Gasteiger partial charge in [-0.15, -0.1) is 22.9 Å². The maximum atomic E-state index is 6.45. The van der Waals surface area contributed by atoms with E-state index < -0.39 is 0 Å². The Hall–Kier alpha value is -0.220. The molecule has 17 heavy (non-hydrogen) atoms. The minimum atomic E-state index is -0.250. The Morgan fingerprint density at radius 2 is 2.06 bits per heavy atom. The van der Waals surface area contributed by atoms with Crippen LogP contribution in [0.25, 0.3) is 0 Å². The van der Waals surface area contributed by atoms with Gasteiger partial charge in [0.15, 0.2) is 0 Å². The Morgan fingerprint density at radius 1 is 1.35 bits per heavy atom. The first-order valence-electron chi connectivity index (χ1n) is 4.85. The van der Waals surface area contributed by atoms with Crippen LogP contribution in [0.2, 0.25) is 5.02 Å². The molecule has 0 N–H and O–H groups in total. The third kappa shape index (κ3) is 2.79. The fourth-order valence-corrected chi connectivity index (χ4v) is 3.64. The van der Waals surface area contributed by atoms with Crippen molar-refractivity contribution in [1.29, 1.82) is 0 Å². The van der Waals surface area contributed by atoms with Crippen molar-refractivity contribution in [3.05, 3.63) is 49.6 Å². The van der Waals surface area contributed by atoms with Crippen molar-refractivity contribution < 1.29 is 4.74 Å². The van der Waals surface area contributed by atoms with Crippen LogP contribution in [0.5, 0.6) is 5.75 Å². The third-order valence-corrected chi connectivity index (χ3v) is 5.47. The number of methoxy groups -OCH3 is 1. The topological polar surface area (TPSA) is 9.23 Å². The first-order valence-corrected chi connectivity index (χ1v) is 7.27. The van der Waals surface area contributed by atoms with E-state index in [2.05, 4.69) is 15.9 Å². The largest absolute Gasteiger partial charge is 0.496 e. The number of para-hydroxylation sites is 1. The summed E-state index contributed by atoms with van der Waals surface area (Å²) in [5.74, 6) is 0.785. The molecular formula is C12H9BrCl2OS. The summed E-state index contributed by atoms with van der Waals surface area (Å²) in [6.45, 7) is 0. The molecule has 5 heteroatoms. The van der Waals surface area contributed by atoms with Crippen LogP contribution in [0.4, 0.5) is 0 Å². The van der Waals surface area contributed by atoms with Crippen molar-refractivity contribution in [3.63, 3.8) is 0 Å². The predicted octanol–water partition coefficient (Wildman–Crippen LogP) is 5.50. The van der Waals surface area contributed by atoms with Crippen LogP contribution in [-0.4, -0.2) is 7.11 Å². The molecule has 0 amide bonds. The zero-order valence-corrected chi connectivity index (χ0v) is 12.8. The van der Waals surface area contributed by atoms with E-state index in [0.717, 1.165) is 20.0 Å². The fourth-order valence-electron chi connectivity index (χ4n) is 1.52. The number of halogens is 3. The molecule has 0 fully saturated rings. The summed E-state index contributed by atoms with van der Waals surface area (Å²) in [5, 5.41) is 0.436. The van der Waals surface area contributed by atoms with Crippen LogP contribution in [0.3, 0.4) is 0 Å². The van der Waals surface area contributed by atoms with E-state index in [0.29, 0.717) is 5.02 Å². The quantitative estimate of drug-likeness (QED) is 0.663. The molecule has 0 aliphatic carbocycles. The fraction of sp³-hybridized carbons (Fsp3) is 0.167. The highest BCUT2D eigenvalue weighted by Crippen LogP contribution is 2.42. The molecule has 1 aromatic heterocycles. The number of thiophene rings is 1. The molecule has 0 saturated heterocycles. The second kappa shape index (κ2) is 5.61. The van der Waals surface area contributed by atoms with E-state index in [4.69, 9.17) is 27.9 Å². The first-order chi connectivity index (χ1) is 8.13. The Bertz CT molecular complexity index is 507. The molecule has 1 unspecified atom stereocenters. The summed E-state index contributed by atoms with van der Waals surface area (Å²) in [6.07, 6.45) is 0. The van der Waals surface area contributed by atoms with Gasteiger partial charge in [-0.3, -0.25) is 0 Å². The van der Waals surface area contributed by atoms with E-state index >= 15 is 0 Å². The molecule has 1 aromatic carbocycles. The average molecular weight is 352 g/mol. The summed E-state index contributed by atoms with van der Waals surface area (Å²) < 4.78 is 6.20. The van der Waals surface area contributed by atoms with Gasteiger partial charge in [0.25, 0.3) is 0 Å². The number of hydrogen-bond acceptors (Lipinski definition) is 2. The molecule has 2 rings (SSSR count). The maximum absolute atomic E-state index is 6.45. The molecule has 0 radical (unpaired) electrons. The lowest BCUT2D eigenvalue weighted by atomic mass is 10.1. The Morgan fingerprint density at radius 3 is 2.65 bits per heavy atom. The molecule has 0 aliphatic heterocycles. The normalized spacial score (nSPS) is 12.5. The number of hydrogen-bond donors (Lipinski definition) is 0. The van der Waals surface area contributed by atoms with E-state index in [9.17, 15) is 0 Å². The molecule has 1 heterocycles. The van der Waals surface area contributed by atoms with Gasteiger partial charge in [0, 0.05) is 10.4 Å². The Kier molecular flexibility index (Phi) is 4.36. The van der Waals surface area contributed by atoms with Crippen LogP contribution in [0, 0.1) is 0 Å². The summed E-state index contributed by atoms with van der Waals surface area (Å²) in [5.41, 5.74) is 0.946. The second-order valence-electron chi connectivity index (χ2n) is 3.37. The van der Waals surface area contributed by atoms with Crippen molar-refractivity contribution in [2.75, 3.05) is 7.11 Å². The zero-order chi connectivity index (χ0) is 12.4. The predicted molar refractivity (Wildman–Crippen MR) is 77.7 cm³/mol. The second-order valence-corrected chi connectivity index (χ2v) is 6.62. The highest BCUT2D eigenvalue weighted by atomic mass is 79.9. The van der Waals surface area contributed by atoms with Crippen molar-refractivity contribution in [2.24, 2.45) is 0 Å². The molecular weight excluding hydrogens is 343 g/mol. The smallest absolute Gasteiger partial charge is 0.123 e. The molecule has 1 nitrogen and oxygen atoms in total. The van der Waals surface area contributed by atoms with Crippen LogP contribution in [0.1, 0.15) is 15.8 Å². The van der Waals surface area contributed by atoms with Gasteiger partial charge in [-0.25, -0.2) is 0 Å². The molecule has 2 aromatic rings. The van der Waals surface area contributed by atoms with Gasteiger partial charge in [-0.1, -0.05) is 29.8 Å². The van der Waals surface area contributed by atoms with Gasteiger partial charge in [0.05, 0.1) is 21.3 Å². The minimum Gasteiger partial charge on any atom is -0.496 e. The van der Waals surface area contributed by atoms with E-state index in [1.54, 1.807) is 7.11 Å². The van der Waals surface area contributed by atoms with Crippen molar-refractivity contribution in [2.45, 2.75) is 5.38 Å². The summed E-state index contributed by atoms with van der Waals surface area (Å²) >= 11 is 17.4. The molecule has 0 saturated carbocycles. The number of benzene rings is 1. The van der Waals surface area contributed by atoms with Crippen LogP contribution >= 0.6 is 50.5 Å². The first kappa shape index (κ1) is 13.2. The highest BCUT2D eigenvalue weighted by Gasteiger charge is 2.18. The van der Waals surface area contributed by atoms with Crippen LogP contribution < -0.4 is 4.74 Å². The average Bonchev–Trinajstić information content (AvgIpc) is 2.68. The molecule has 0 bridgehead atoms. The molecule has 0 spiro atoms. The van der Waals surface area contributed by atoms with Gasteiger partial charge >= 0.3 is 0 Å². The Labute approximate surface area is 122 Å². The van der Waals surface area contributed by atoms with Gasteiger partial charge in [0.1, 0.15) is 5.75 Å². The molecule has 1 atom stereocenters. The van der Waals surface area contributed by atoms with Crippen molar-refractivity contribution >= 4 is 50.5 Å². The maximum Gasteiger partial charge on any atom is 0.123 e. The Balaban J connectivity index is 2.39. The number of alkyl halides is 1. The lowest BCUT2D eigenvalue weighted by Crippen LogP contribution is -1.95. The van der Waals surface area contributed by atoms with Gasteiger partial charge in [-0.05, 0) is 28.1 Å². The van der Waals surface area contributed by atoms with Gasteiger partial charge < -0.3 is 4.74 Å². The molecule has 90 valence electrons. The van der Waals surface area contributed by atoms with Crippen LogP contribution in [0.15, 0.2) is 34.1 Å². The monoisotopic (exact) mass is 350 g/mol. The highest BCUT2D eigenvalue weighted by molar-refractivity contribution is 9.11. The zero-order valence-electron chi connectivity index (χ0n) is 8.91. The number of ether oxygens (including phenoxy) is 1. The summed E-state index contributed by atoms with van der Waals surface area (Å²) in [4.78, 5) is 0.994. The van der Waals surface area contributed by atoms with Gasteiger partial charge in [0.2, 0.25) is 0 Å². The minimum absolute atomic E-state index is 0.250. The van der Waals surface area contributed by atoms with Crippen LogP contribution in [-0.2, 0) is 0 Å². The summed E-state index contributed by atoms with van der Waals surface area (Å²) in [7, 11) is 1.64. The van der Waals surface area contributed by atoms with E-state index in [1.807, 2.05) is 30.3 Å². The standard InChI is InChI=1S/C12H9BrCl2OS/c1-16-9-5-3-2-4-7(9)11(15)10-6-8(14)12(13)17-10/h2-6,11H,1H3. The number of rotatable bonds is 3. The SMILES string of the molecule is COc1ccccc1C(Cl)c1cc(Cl)c(Br)s1. The van der Waals surface area contributed by atoms with Crippen molar-refractivity contribution in [1.82, 2.24) is 0 Å². The summed E-state index contributed by atoms with van der Waals surface area (Å²) in [6, 6.07) is 9.59. The van der Waals surface area contributed by atoms with E-state index in [1.165, 1.54) is 11.3 Å². The van der Waals surface area contributed by atoms with Gasteiger partial charge in [-0.2, -0.15) is 0 Å². The third-order valence-electron chi connectivity index (χ3n) is 2.33. The van der Waals surface area contributed by atoms with Crippen molar-refractivity contribution in [3.8, 4) is 5.75 Å². The van der Waals surface area contributed by atoms with E-state index in [-0.39, 0.29) is 5.38 Å². The lowest BCUT2D eigenvalue weighted by Gasteiger charge is -2.12. The molecule has 0 aliphatic rings.